The zero-order valence-corrected chi connectivity index (χ0v) is 15.6. The molecule has 3 aromatic rings. The van der Waals surface area contributed by atoms with E-state index in [2.05, 4.69) is 9.71 Å². The van der Waals surface area contributed by atoms with Crippen LogP contribution < -0.4 is 4.72 Å². The fourth-order valence-corrected chi connectivity index (χ4v) is 3.49. The van der Waals surface area contributed by atoms with Gasteiger partial charge in [-0.25, -0.2) is 18.6 Å². The first-order valence-electron chi connectivity index (χ1n) is 8.13. The van der Waals surface area contributed by atoms with E-state index in [1.165, 1.54) is 12.1 Å². The minimum atomic E-state index is -4.02. The Labute approximate surface area is 161 Å². The Bertz CT molecular complexity index is 1140. The fraction of sp³-hybridized carbons (Fsp3) is 0.0526. The topological polar surface area (TPSA) is 116 Å². The van der Waals surface area contributed by atoms with Gasteiger partial charge in [-0.3, -0.25) is 9.52 Å². The summed E-state index contributed by atoms with van der Waals surface area (Å²) < 4.78 is 27.6. The van der Waals surface area contributed by atoms with Crippen LogP contribution in [0.15, 0.2) is 71.8 Å². The van der Waals surface area contributed by atoms with Crippen molar-refractivity contribution in [1.82, 2.24) is 4.98 Å². The number of carbonyl (C=O) groups is 1. The van der Waals surface area contributed by atoms with Gasteiger partial charge < -0.3 is 0 Å². The maximum atomic E-state index is 12.8. The van der Waals surface area contributed by atoms with Gasteiger partial charge in [-0.1, -0.05) is 48.0 Å². The maximum absolute atomic E-state index is 12.8. The lowest BCUT2D eigenvalue weighted by atomic mass is 10.0. The second-order valence-electron chi connectivity index (χ2n) is 5.98. The van der Waals surface area contributed by atoms with Gasteiger partial charge >= 0.3 is 5.69 Å². The lowest BCUT2D eigenvalue weighted by Crippen LogP contribution is -2.17. The Morgan fingerprint density at radius 1 is 1.07 bits per heavy atom. The van der Waals surface area contributed by atoms with Crippen LogP contribution in [0, 0.1) is 11.8 Å². The first-order valence-corrected chi connectivity index (χ1v) is 9.61. The van der Waals surface area contributed by atoms with Crippen LogP contribution in [0.25, 0.3) is 0 Å². The van der Waals surface area contributed by atoms with E-state index in [4.69, 9.17) is 5.21 Å². The van der Waals surface area contributed by atoms with Crippen molar-refractivity contribution in [2.24, 2.45) is 0 Å². The Morgan fingerprint density at radius 2 is 1.71 bits per heavy atom. The van der Waals surface area contributed by atoms with Gasteiger partial charge in [0.2, 0.25) is 0 Å². The molecule has 0 amide bonds. The van der Waals surface area contributed by atoms with Crippen LogP contribution in [0.5, 0.6) is 0 Å². The summed E-state index contributed by atoms with van der Waals surface area (Å²) in [5, 5.41) is 9.12. The standard InChI is InChI=1S/C19H15N3O5S/c1-13-7-9-16(10-8-13)28(26,27)21-19-17(11-15(12-20-19)22(24)25)18(23)14-5-3-2-4-6-14/h2-12H,1H3,(H-,20,21,23,24,25)/p+1. The molecule has 1 aromatic heterocycles. The van der Waals surface area contributed by atoms with E-state index >= 15 is 0 Å². The van der Waals surface area contributed by atoms with Gasteiger partial charge in [0.15, 0.2) is 11.6 Å². The van der Waals surface area contributed by atoms with E-state index in [1.807, 2.05) is 6.92 Å². The Balaban J connectivity index is 2.06. The van der Waals surface area contributed by atoms with Gasteiger partial charge in [0.05, 0.1) is 15.4 Å². The lowest BCUT2D eigenvalue weighted by molar-refractivity contribution is -0.729. The molecule has 1 heterocycles. The number of hydrogen-bond donors (Lipinski definition) is 2. The molecule has 9 heteroatoms. The molecular formula is C19H16N3O5S+. The predicted molar refractivity (Wildman–Crippen MR) is 101 cm³/mol. The first-order chi connectivity index (χ1) is 13.3. The van der Waals surface area contributed by atoms with Crippen molar-refractivity contribution < 1.29 is 23.3 Å². The molecule has 0 radical (unpaired) electrons. The molecule has 0 bridgehead atoms. The van der Waals surface area contributed by atoms with E-state index in [-0.39, 0.29) is 27.5 Å². The van der Waals surface area contributed by atoms with E-state index in [9.17, 15) is 18.1 Å². The number of sulfonamides is 1. The number of ketones is 1. The van der Waals surface area contributed by atoms with Crippen LogP contribution >= 0.6 is 0 Å². The van der Waals surface area contributed by atoms with E-state index in [0.717, 1.165) is 17.8 Å². The summed E-state index contributed by atoms with van der Waals surface area (Å²) in [6.45, 7) is 1.82. The monoisotopic (exact) mass is 398 g/mol. The first kappa shape index (κ1) is 19.2. The SMILES string of the molecule is Cc1ccc(S(=O)(=O)Nc2ncc([N+](=O)O)cc2C(=O)c2ccccc2)cc1. The summed E-state index contributed by atoms with van der Waals surface area (Å²) in [5.41, 5.74) is 0.680. The van der Waals surface area contributed by atoms with E-state index in [1.54, 1.807) is 42.5 Å². The van der Waals surface area contributed by atoms with Crippen LogP contribution in [0.1, 0.15) is 21.5 Å². The van der Waals surface area contributed by atoms with Gasteiger partial charge in [0.25, 0.3) is 14.9 Å². The highest BCUT2D eigenvalue weighted by Gasteiger charge is 2.25. The third-order valence-corrected chi connectivity index (χ3v) is 5.29. The van der Waals surface area contributed by atoms with Crippen LogP contribution in [0.3, 0.4) is 0 Å². The van der Waals surface area contributed by atoms with Crippen molar-refractivity contribution in [3.8, 4) is 0 Å². The number of nitrogens with zero attached hydrogens (tertiary/aromatic N) is 2. The zero-order valence-electron chi connectivity index (χ0n) is 14.7. The molecule has 2 N–H and O–H groups in total. The average Bonchev–Trinajstić information content (AvgIpc) is 2.68. The summed E-state index contributed by atoms with van der Waals surface area (Å²) in [5.74, 6) is -0.807. The van der Waals surface area contributed by atoms with Gasteiger partial charge in [-0.15, -0.1) is 0 Å². The van der Waals surface area contributed by atoms with Crippen LogP contribution in [-0.4, -0.2) is 29.3 Å². The number of aryl methyl sites for hydroxylation is 1. The number of benzene rings is 2. The quantitative estimate of drug-likeness (QED) is 0.486. The van der Waals surface area contributed by atoms with Gasteiger partial charge in [0.1, 0.15) is 6.20 Å². The van der Waals surface area contributed by atoms with E-state index < -0.39 is 20.7 Å². The molecule has 0 saturated carbocycles. The zero-order chi connectivity index (χ0) is 20.3. The molecule has 0 saturated heterocycles. The highest BCUT2D eigenvalue weighted by Crippen LogP contribution is 2.24. The predicted octanol–water partition coefficient (Wildman–Crippen LogP) is 3.22. The van der Waals surface area contributed by atoms with Crippen molar-refractivity contribution in [3.63, 3.8) is 0 Å². The highest BCUT2D eigenvalue weighted by molar-refractivity contribution is 7.92. The molecule has 0 aliphatic carbocycles. The molecule has 2 aromatic carbocycles. The molecule has 0 atom stereocenters. The number of aromatic nitrogens is 1. The minimum absolute atomic E-state index is 0.00491. The van der Waals surface area contributed by atoms with Crippen molar-refractivity contribution in [2.45, 2.75) is 11.8 Å². The molecule has 8 nitrogen and oxygen atoms in total. The maximum Gasteiger partial charge on any atom is 0.335 e. The number of pyridine rings is 1. The number of rotatable bonds is 6. The summed E-state index contributed by atoms with van der Waals surface area (Å²) in [6.07, 6.45) is 0.960. The third-order valence-electron chi connectivity index (χ3n) is 3.94. The average molecular weight is 398 g/mol. The molecule has 142 valence electrons. The number of anilines is 1. The number of carbonyl (C=O) groups excluding carboxylic acids is 1. The van der Waals surface area contributed by atoms with Crippen LogP contribution in [0.4, 0.5) is 11.5 Å². The third kappa shape index (κ3) is 4.04. The van der Waals surface area contributed by atoms with Gasteiger partial charge in [-0.2, -0.15) is 0 Å². The minimum Gasteiger partial charge on any atom is -0.288 e. The molecule has 3 rings (SSSR count). The van der Waals surface area contributed by atoms with Crippen molar-refractivity contribution >= 4 is 27.3 Å². The summed E-state index contributed by atoms with van der Waals surface area (Å²) >= 11 is 0. The summed E-state index contributed by atoms with van der Waals surface area (Å²) in [7, 11) is -4.02. The number of hydrogen-bond acceptors (Lipinski definition) is 5. The van der Waals surface area contributed by atoms with Gasteiger partial charge in [0, 0.05) is 11.6 Å². The second-order valence-corrected chi connectivity index (χ2v) is 7.66. The summed E-state index contributed by atoms with van der Waals surface area (Å²) in [4.78, 5) is 27.4. The Hall–Kier alpha value is -3.59. The molecule has 0 spiro atoms. The molecule has 0 aliphatic rings. The van der Waals surface area contributed by atoms with Crippen molar-refractivity contribution in [3.05, 3.63) is 88.5 Å². The summed E-state index contributed by atoms with van der Waals surface area (Å²) in [6, 6.07) is 15.3. The molecule has 0 aliphatic heterocycles. The molecular weight excluding hydrogens is 382 g/mol. The van der Waals surface area contributed by atoms with Gasteiger partial charge in [-0.05, 0) is 19.1 Å². The normalized spacial score (nSPS) is 11.0. The largest absolute Gasteiger partial charge is 0.335 e. The molecule has 0 fully saturated rings. The molecule has 0 unspecified atom stereocenters. The van der Waals surface area contributed by atoms with Crippen LogP contribution in [-0.2, 0) is 10.0 Å². The Kier molecular flexibility index (Phi) is 5.18. The van der Waals surface area contributed by atoms with Crippen molar-refractivity contribution in [1.29, 1.82) is 0 Å². The smallest absolute Gasteiger partial charge is 0.288 e. The number of nitrogens with one attached hydrogen (secondary N) is 1. The molecule has 28 heavy (non-hydrogen) atoms. The highest BCUT2D eigenvalue weighted by atomic mass is 32.2. The van der Waals surface area contributed by atoms with Crippen molar-refractivity contribution in [2.75, 3.05) is 4.72 Å². The lowest BCUT2D eigenvalue weighted by Gasteiger charge is -2.11. The Morgan fingerprint density at radius 3 is 2.32 bits per heavy atom. The fourth-order valence-electron chi connectivity index (χ4n) is 2.46. The second kappa shape index (κ2) is 7.57. The van der Waals surface area contributed by atoms with Crippen LogP contribution in [0.2, 0.25) is 0 Å². The van der Waals surface area contributed by atoms with E-state index in [0.29, 0.717) is 0 Å².